The van der Waals surface area contributed by atoms with Crippen LogP contribution >= 0.6 is 0 Å². The lowest BCUT2D eigenvalue weighted by Crippen LogP contribution is -2.16. The molecule has 0 bridgehead atoms. The van der Waals surface area contributed by atoms with Crippen molar-refractivity contribution in [2.75, 3.05) is 12.4 Å². The fourth-order valence-electron chi connectivity index (χ4n) is 2.54. The molecule has 0 saturated carbocycles. The molecular weight excluding hydrogens is 316 g/mol. The topological polar surface area (TPSA) is 79.9 Å². The van der Waals surface area contributed by atoms with Gasteiger partial charge in [-0.3, -0.25) is 9.89 Å². The molecule has 1 heterocycles. The largest absolute Gasteiger partial charge is 0.495 e. The van der Waals surface area contributed by atoms with Gasteiger partial charge in [-0.2, -0.15) is 5.10 Å². The van der Waals surface area contributed by atoms with Crippen molar-refractivity contribution in [2.24, 2.45) is 0 Å². The number of hydrogen-bond donors (Lipinski definition) is 2. The first-order valence-corrected chi connectivity index (χ1v) is 8.02. The zero-order valence-electron chi connectivity index (χ0n) is 14.2. The second-order valence-electron chi connectivity index (χ2n) is 5.79. The van der Waals surface area contributed by atoms with Gasteiger partial charge in [0.2, 0.25) is 5.91 Å². The molecule has 2 aromatic carbocycles. The number of hydrogen-bond acceptors (Lipinski definition) is 4. The van der Waals surface area contributed by atoms with Crippen molar-refractivity contribution in [3.05, 3.63) is 71.3 Å². The molecule has 128 valence electrons. The van der Waals surface area contributed by atoms with Gasteiger partial charge in [0.25, 0.3) is 0 Å². The van der Waals surface area contributed by atoms with E-state index in [9.17, 15) is 4.79 Å². The monoisotopic (exact) mass is 336 g/mol. The maximum absolute atomic E-state index is 12.3. The van der Waals surface area contributed by atoms with Crippen molar-refractivity contribution < 1.29 is 9.53 Å². The van der Waals surface area contributed by atoms with Gasteiger partial charge in [0, 0.05) is 6.42 Å². The minimum absolute atomic E-state index is 0.0996. The predicted octanol–water partition coefficient (Wildman–Crippen LogP) is 2.89. The quantitative estimate of drug-likeness (QED) is 0.725. The van der Waals surface area contributed by atoms with Gasteiger partial charge in [0.1, 0.15) is 11.6 Å². The summed E-state index contributed by atoms with van der Waals surface area (Å²) in [6, 6.07) is 15.6. The van der Waals surface area contributed by atoms with Gasteiger partial charge >= 0.3 is 0 Å². The third kappa shape index (κ3) is 4.44. The van der Waals surface area contributed by atoms with E-state index in [-0.39, 0.29) is 12.3 Å². The van der Waals surface area contributed by atoms with Crippen molar-refractivity contribution in [3.8, 4) is 5.75 Å². The Labute approximate surface area is 146 Å². The summed E-state index contributed by atoms with van der Waals surface area (Å²) in [7, 11) is 1.57. The summed E-state index contributed by atoms with van der Waals surface area (Å²) in [6.07, 6.45) is 0.754. The Morgan fingerprint density at radius 3 is 2.76 bits per heavy atom. The highest BCUT2D eigenvalue weighted by molar-refractivity contribution is 5.93. The molecule has 0 aliphatic heterocycles. The van der Waals surface area contributed by atoms with E-state index in [2.05, 4.69) is 20.5 Å². The smallest absolute Gasteiger partial charge is 0.232 e. The fourth-order valence-corrected chi connectivity index (χ4v) is 2.54. The number of ether oxygens (including phenoxy) is 1. The van der Waals surface area contributed by atoms with E-state index in [1.807, 2.05) is 55.5 Å². The number of carbonyl (C=O) groups excluding carboxylic acids is 1. The summed E-state index contributed by atoms with van der Waals surface area (Å²) in [6.45, 7) is 1.96. The summed E-state index contributed by atoms with van der Waals surface area (Å²) in [5.74, 6) is 1.64. The lowest BCUT2D eigenvalue weighted by atomic mass is 10.1. The van der Waals surface area contributed by atoms with Crippen LogP contribution in [0.4, 0.5) is 5.69 Å². The molecule has 0 radical (unpaired) electrons. The Balaban J connectivity index is 1.63. The van der Waals surface area contributed by atoms with E-state index >= 15 is 0 Å². The normalized spacial score (nSPS) is 10.5. The molecule has 3 rings (SSSR count). The van der Waals surface area contributed by atoms with E-state index in [1.165, 1.54) is 0 Å². The second kappa shape index (κ2) is 7.61. The fraction of sp³-hybridized carbons (Fsp3) is 0.211. The molecule has 25 heavy (non-hydrogen) atoms. The molecule has 2 N–H and O–H groups in total. The van der Waals surface area contributed by atoms with Crippen LogP contribution in [0.2, 0.25) is 0 Å². The van der Waals surface area contributed by atoms with Crippen molar-refractivity contribution in [3.63, 3.8) is 0 Å². The highest BCUT2D eigenvalue weighted by Crippen LogP contribution is 2.25. The van der Waals surface area contributed by atoms with Crippen molar-refractivity contribution >= 4 is 11.6 Å². The van der Waals surface area contributed by atoms with E-state index in [0.717, 1.165) is 17.0 Å². The summed E-state index contributed by atoms with van der Waals surface area (Å²) < 4.78 is 5.27. The first kappa shape index (κ1) is 16.7. The summed E-state index contributed by atoms with van der Waals surface area (Å²) in [5, 5.41) is 9.87. The number of nitrogens with one attached hydrogen (secondary N) is 2. The predicted molar refractivity (Wildman–Crippen MR) is 95.7 cm³/mol. The standard InChI is InChI=1S/C19H20N4O2/c1-13-8-9-16(25-2)15(10-13)20-19(24)12-18-21-17(22-23-18)11-14-6-4-3-5-7-14/h3-10H,11-12H2,1-2H3,(H,20,24)(H,21,22,23). The summed E-state index contributed by atoms with van der Waals surface area (Å²) in [5.41, 5.74) is 2.82. The van der Waals surface area contributed by atoms with Gasteiger partial charge in [-0.1, -0.05) is 36.4 Å². The number of aryl methyl sites for hydroxylation is 1. The second-order valence-corrected chi connectivity index (χ2v) is 5.79. The molecule has 0 spiro atoms. The van der Waals surface area contributed by atoms with Crippen LogP contribution in [0.3, 0.4) is 0 Å². The average Bonchev–Trinajstić information content (AvgIpc) is 3.02. The number of aromatic amines is 1. The van der Waals surface area contributed by atoms with E-state index < -0.39 is 0 Å². The Kier molecular flexibility index (Phi) is 5.09. The molecule has 0 saturated heterocycles. The number of methoxy groups -OCH3 is 1. The zero-order chi connectivity index (χ0) is 17.6. The van der Waals surface area contributed by atoms with Crippen LogP contribution in [0.25, 0.3) is 0 Å². The number of anilines is 1. The Morgan fingerprint density at radius 1 is 1.20 bits per heavy atom. The molecule has 0 aliphatic rings. The number of nitrogens with zero attached hydrogens (tertiary/aromatic N) is 2. The summed E-state index contributed by atoms with van der Waals surface area (Å²) in [4.78, 5) is 16.7. The molecule has 1 aromatic heterocycles. The average molecular weight is 336 g/mol. The SMILES string of the molecule is COc1ccc(C)cc1NC(=O)Cc1n[nH]c(Cc2ccccc2)n1. The van der Waals surface area contributed by atoms with E-state index in [4.69, 9.17) is 4.74 Å². The van der Waals surface area contributed by atoms with Gasteiger partial charge in [-0.25, -0.2) is 4.98 Å². The highest BCUT2D eigenvalue weighted by Gasteiger charge is 2.12. The maximum atomic E-state index is 12.3. The minimum Gasteiger partial charge on any atom is -0.495 e. The van der Waals surface area contributed by atoms with Crippen molar-refractivity contribution in [2.45, 2.75) is 19.8 Å². The highest BCUT2D eigenvalue weighted by atomic mass is 16.5. The van der Waals surface area contributed by atoms with Crippen LogP contribution in [-0.2, 0) is 17.6 Å². The van der Waals surface area contributed by atoms with Gasteiger partial charge in [-0.05, 0) is 30.2 Å². The molecule has 0 atom stereocenters. The van der Waals surface area contributed by atoms with Gasteiger partial charge in [-0.15, -0.1) is 0 Å². The van der Waals surface area contributed by atoms with Crippen LogP contribution in [0.5, 0.6) is 5.75 Å². The number of amides is 1. The molecule has 0 aliphatic carbocycles. The first-order valence-electron chi connectivity index (χ1n) is 8.02. The third-order valence-corrected chi connectivity index (χ3v) is 3.74. The lowest BCUT2D eigenvalue weighted by molar-refractivity contribution is -0.115. The molecule has 0 fully saturated rings. The Bertz CT molecular complexity index is 859. The maximum Gasteiger partial charge on any atom is 0.232 e. The number of carbonyl (C=O) groups is 1. The van der Waals surface area contributed by atoms with Crippen LogP contribution < -0.4 is 10.1 Å². The molecule has 0 unspecified atom stereocenters. The van der Waals surface area contributed by atoms with Gasteiger partial charge < -0.3 is 10.1 Å². The lowest BCUT2D eigenvalue weighted by Gasteiger charge is -2.10. The number of H-pyrrole nitrogens is 1. The number of benzene rings is 2. The van der Waals surface area contributed by atoms with Gasteiger partial charge in [0.15, 0.2) is 5.82 Å². The first-order chi connectivity index (χ1) is 12.1. The minimum atomic E-state index is -0.186. The Morgan fingerprint density at radius 2 is 2.00 bits per heavy atom. The molecular formula is C19H20N4O2. The molecule has 6 nitrogen and oxygen atoms in total. The number of rotatable bonds is 6. The van der Waals surface area contributed by atoms with Crippen LogP contribution in [0, 0.1) is 6.92 Å². The van der Waals surface area contributed by atoms with Crippen molar-refractivity contribution in [1.82, 2.24) is 15.2 Å². The molecule has 6 heteroatoms. The van der Waals surface area contributed by atoms with Crippen LogP contribution in [0.15, 0.2) is 48.5 Å². The third-order valence-electron chi connectivity index (χ3n) is 3.74. The Hall–Kier alpha value is -3.15. The number of aromatic nitrogens is 3. The van der Waals surface area contributed by atoms with Crippen LogP contribution in [0.1, 0.15) is 22.8 Å². The van der Waals surface area contributed by atoms with Crippen molar-refractivity contribution in [1.29, 1.82) is 0 Å². The zero-order valence-corrected chi connectivity index (χ0v) is 14.2. The van der Waals surface area contributed by atoms with Crippen LogP contribution in [-0.4, -0.2) is 28.2 Å². The van der Waals surface area contributed by atoms with E-state index in [1.54, 1.807) is 7.11 Å². The van der Waals surface area contributed by atoms with Gasteiger partial charge in [0.05, 0.1) is 19.2 Å². The molecule has 3 aromatic rings. The summed E-state index contributed by atoms with van der Waals surface area (Å²) >= 11 is 0. The molecule has 1 amide bonds. The van der Waals surface area contributed by atoms with E-state index in [0.29, 0.717) is 23.7 Å².